The molecule has 0 bridgehead atoms. The van der Waals surface area contributed by atoms with E-state index in [1.165, 1.54) is 75.5 Å². The number of unbranched alkanes of at least 4 members (excludes halogenated alkanes) is 12. The maximum atomic E-state index is 11.2. The van der Waals surface area contributed by atoms with Crippen molar-refractivity contribution in [1.29, 1.82) is 0 Å². The average molecular weight is 741 g/mol. The number of rotatable bonds is 23. The second-order valence-electron chi connectivity index (χ2n) is 12.3. The maximum Gasteiger partial charge on any atom is 0.365 e. The molecule has 0 aliphatic heterocycles. The summed E-state index contributed by atoms with van der Waals surface area (Å²) in [5, 5.41) is 0.443. The zero-order valence-corrected chi connectivity index (χ0v) is 32.9. The average Bonchev–Trinajstić information content (AvgIpc) is 3.87. The number of hydrogen-bond acceptors (Lipinski definition) is 7. The molecule has 4 aromatic rings. The summed E-state index contributed by atoms with van der Waals surface area (Å²) in [6.07, 6.45) is 17.7. The number of ether oxygens (including phenoxy) is 2. The third kappa shape index (κ3) is 13.3. The molecular weight excluding hydrogens is 688 g/mol. The van der Waals surface area contributed by atoms with Crippen molar-refractivity contribution in [3.63, 3.8) is 0 Å². The maximum absolute atomic E-state index is 11.2. The molecule has 0 aliphatic rings. The van der Waals surface area contributed by atoms with Gasteiger partial charge in [0.1, 0.15) is 11.5 Å². The van der Waals surface area contributed by atoms with Crippen molar-refractivity contribution in [1.82, 2.24) is 0 Å². The molecule has 49 heavy (non-hydrogen) atoms. The summed E-state index contributed by atoms with van der Waals surface area (Å²) < 4.78 is 29.4. The zero-order chi connectivity index (χ0) is 34.7. The topological polar surface area (TPSA) is 65.0 Å². The van der Waals surface area contributed by atoms with Crippen LogP contribution in [0.25, 0.3) is 30.6 Å². The van der Waals surface area contributed by atoms with E-state index < -0.39 is 8.25 Å². The first kappa shape index (κ1) is 39.3. The Morgan fingerprint density at radius 2 is 1.12 bits per heavy atom. The molecule has 0 spiro atoms. The van der Waals surface area contributed by atoms with Crippen LogP contribution in [0.15, 0.2) is 48.5 Å². The molecule has 9 heteroatoms. The highest BCUT2D eigenvalue weighted by Gasteiger charge is 2.19. The van der Waals surface area contributed by atoms with Crippen molar-refractivity contribution in [3.05, 3.63) is 53.4 Å². The van der Waals surface area contributed by atoms with Crippen LogP contribution in [0, 0.1) is 11.8 Å². The Morgan fingerprint density at radius 1 is 0.612 bits per heavy atom. The molecule has 5 nitrogen and oxygen atoms in total. The Hall–Kier alpha value is -2.53. The molecule has 1 atom stereocenters. The molecule has 3 aromatic heterocycles. The van der Waals surface area contributed by atoms with E-state index >= 15 is 0 Å². The lowest BCUT2D eigenvalue weighted by atomic mass is 10.1. The molecule has 1 N–H and O–H groups in total. The summed E-state index contributed by atoms with van der Waals surface area (Å²) >= 11 is 4.76. The van der Waals surface area contributed by atoms with E-state index in [9.17, 15) is 9.46 Å². The van der Waals surface area contributed by atoms with Gasteiger partial charge in [-0.15, -0.1) is 22.7 Å². The second kappa shape index (κ2) is 22.3. The summed E-state index contributed by atoms with van der Waals surface area (Å²) in [6, 6.07) is 16.5. The fourth-order valence-electron chi connectivity index (χ4n) is 5.51. The molecule has 3 heterocycles. The van der Waals surface area contributed by atoms with E-state index in [1.54, 1.807) is 28.7 Å². The van der Waals surface area contributed by atoms with Crippen LogP contribution in [0.4, 0.5) is 0 Å². The summed E-state index contributed by atoms with van der Waals surface area (Å²) in [5.74, 6) is 8.56. The molecule has 0 fully saturated rings. The second-order valence-corrected chi connectivity index (χ2v) is 16.2. The molecule has 0 aliphatic carbocycles. The van der Waals surface area contributed by atoms with E-state index in [-0.39, 0.29) is 0 Å². The molecule has 266 valence electrons. The third-order valence-corrected chi connectivity index (χ3v) is 12.1. The van der Waals surface area contributed by atoms with Gasteiger partial charge in [0, 0.05) is 37.1 Å². The Balaban J connectivity index is 1.62. The van der Waals surface area contributed by atoms with Gasteiger partial charge in [-0.25, -0.2) is 4.57 Å². The van der Waals surface area contributed by atoms with Gasteiger partial charge >= 0.3 is 8.25 Å². The summed E-state index contributed by atoms with van der Waals surface area (Å²) in [4.78, 5) is 14.6. The van der Waals surface area contributed by atoms with Crippen LogP contribution in [0.2, 0.25) is 0 Å². The normalized spacial score (nSPS) is 11.7. The largest absolute Gasteiger partial charge is 0.493 e. The zero-order valence-electron chi connectivity index (χ0n) is 29.4. The highest BCUT2D eigenvalue weighted by molar-refractivity contribution is 7.33. The first-order valence-electron chi connectivity index (χ1n) is 18.2. The van der Waals surface area contributed by atoms with Crippen LogP contribution in [0.5, 0.6) is 16.6 Å². The van der Waals surface area contributed by atoms with E-state index in [0.717, 1.165) is 79.1 Å². The quantitative estimate of drug-likeness (QED) is 0.0466. The van der Waals surface area contributed by atoms with Crippen LogP contribution < -0.4 is 14.0 Å². The molecule has 1 unspecified atom stereocenters. The van der Waals surface area contributed by atoms with E-state index in [1.807, 2.05) is 6.07 Å². The Kier molecular flexibility index (Phi) is 17.9. The standard InChI is InChI=1S/C40H53O5PS3/c1-4-7-10-13-14-15-16-17-20-31-21-22-36(47-31)32-29-35(44-28-19-12-9-6-3)33(30-34(32)43-27-18-11-8-5-2)37-23-24-38(48-37)39-25-26-40(49-39)45-46(41)42/h21-26,29-30,46H,4-16,18-19,27-28H2,1-3H3,(H,41,42). The van der Waals surface area contributed by atoms with Crippen molar-refractivity contribution in [2.75, 3.05) is 13.2 Å². The molecule has 0 amide bonds. The van der Waals surface area contributed by atoms with Crippen molar-refractivity contribution in [2.45, 2.75) is 117 Å². The van der Waals surface area contributed by atoms with Gasteiger partial charge in [0.2, 0.25) is 0 Å². The van der Waals surface area contributed by atoms with Gasteiger partial charge < -0.3 is 18.9 Å². The fraction of sp³-hybridized carbons (Fsp3) is 0.500. The first-order chi connectivity index (χ1) is 24.0. The molecule has 0 radical (unpaired) electrons. The highest BCUT2D eigenvalue weighted by atomic mass is 32.1. The summed E-state index contributed by atoms with van der Waals surface area (Å²) in [7, 11) is -3.04. The monoisotopic (exact) mass is 740 g/mol. The Labute approximate surface area is 307 Å². The van der Waals surface area contributed by atoms with Crippen LogP contribution in [-0.2, 0) is 4.57 Å². The van der Waals surface area contributed by atoms with E-state index in [2.05, 4.69) is 69.0 Å². The van der Waals surface area contributed by atoms with Gasteiger partial charge in [0.05, 0.1) is 18.1 Å². The van der Waals surface area contributed by atoms with E-state index in [4.69, 9.17) is 14.0 Å². The first-order valence-corrected chi connectivity index (χ1v) is 21.9. The predicted octanol–water partition coefficient (Wildman–Crippen LogP) is 13.7. The number of hydrogen-bond donors (Lipinski definition) is 1. The van der Waals surface area contributed by atoms with Gasteiger partial charge in [-0.2, -0.15) is 0 Å². The highest BCUT2D eigenvalue weighted by Crippen LogP contribution is 2.47. The van der Waals surface area contributed by atoms with E-state index in [0.29, 0.717) is 18.3 Å². The van der Waals surface area contributed by atoms with Crippen molar-refractivity contribution >= 4 is 42.3 Å². The van der Waals surface area contributed by atoms with Crippen molar-refractivity contribution in [2.24, 2.45) is 0 Å². The lowest BCUT2D eigenvalue weighted by Gasteiger charge is -2.17. The lowest BCUT2D eigenvalue weighted by Crippen LogP contribution is -2.02. The van der Waals surface area contributed by atoms with Gasteiger partial charge in [-0.1, -0.05) is 115 Å². The minimum Gasteiger partial charge on any atom is -0.493 e. The fourth-order valence-corrected chi connectivity index (χ4v) is 8.88. The lowest BCUT2D eigenvalue weighted by molar-refractivity contribution is 0.299. The summed E-state index contributed by atoms with van der Waals surface area (Å²) in [5.41, 5.74) is 2.07. The third-order valence-electron chi connectivity index (χ3n) is 8.21. The van der Waals surface area contributed by atoms with Crippen LogP contribution in [0.1, 0.15) is 122 Å². The van der Waals surface area contributed by atoms with Crippen LogP contribution in [0.3, 0.4) is 0 Å². The molecule has 0 saturated carbocycles. The van der Waals surface area contributed by atoms with Crippen LogP contribution >= 0.6 is 42.3 Å². The van der Waals surface area contributed by atoms with Gasteiger partial charge in [0.15, 0.2) is 5.06 Å². The molecular formula is C40H53O5PS3. The Morgan fingerprint density at radius 3 is 1.76 bits per heavy atom. The molecule has 4 rings (SSSR count). The smallest absolute Gasteiger partial charge is 0.365 e. The van der Waals surface area contributed by atoms with Crippen molar-refractivity contribution in [3.8, 4) is 59.0 Å². The van der Waals surface area contributed by atoms with Gasteiger partial charge in [0.25, 0.3) is 0 Å². The number of benzene rings is 1. The molecule has 1 aromatic carbocycles. The summed E-state index contributed by atoms with van der Waals surface area (Å²) in [6.45, 7) is 8.04. The predicted molar refractivity (Wildman–Crippen MR) is 212 cm³/mol. The Bertz CT molecular complexity index is 1630. The number of thiophene rings is 3. The minimum atomic E-state index is -3.04. The minimum absolute atomic E-state index is 0.443. The van der Waals surface area contributed by atoms with Crippen molar-refractivity contribution < 1.29 is 23.5 Å². The SMILES string of the molecule is CCCCCCCCC#Cc1ccc(-c2cc(OCCCCCC)c(-c3ccc(-c4ccc(O[PH](=O)O)s4)s3)cc2OCCCCCC)s1. The van der Waals surface area contributed by atoms with Crippen LogP contribution in [-0.4, -0.2) is 18.1 Å². The van der Waals surface area contributed by atoms with Gasteiger partial charge in [-0.05, 0) is 67.8 Å². The van der Waals surface area contributed by atoms with Gasteiger partial charge in [-0.3, -0.25) is 0 Å². The molecule has 0 saturated heterocycles.